The van der Waals surface area contributed by atoms with Crippen LogP contribution >= 0.6 is 0 Å². The van der Waals surface area contributed by atoms with Gasteiger partial charge in [0.05, 0.1) is 23.3 Å². The maximum Gasteiger partial charge on any atom is 0.338 e. The molecule has 4 rings (SSSR count). The first-order valence-electron chi connectivity index (χ1n) is 10.1. The molecule has 7 heteroatoms. The number of hydrogen-bond donors (Lipinski definition) is 2. The number of rotatable bonds is 5. The Balaban J connectivity index is 1.82. The number of ether oxygens (including phenoxy) is 3. The highest BCUT2D eigenvalue weighted by Crippen LogP contribution is 2.57. The molecule has 0 fully saturated rings. The van der Waals surface area contributed by atoms with E-state index in [2.05, 4.69) is 6.92 Å². The van der Waals surface area contributed by atoms with E-state index in [0.29, 0.717) is 36.0 Å². The molecule has 3 heterocycles. The molecule has 0 spiro atoms. The van der Waals surface area contributed by atoms with Crippen LogP contribution in [0.2, 0.25) is 0 Å². The molecule has 3 aliphatic heterocycles. The lowest BCUT2D eigenvalue weighted by molar-refractivity contribution is -0.280. The predicted octanol–water partition coefficient (Wildman–Crippen LogP) is 2.55. The molecule has 0 radical (unpaired) electrons. The Morgan fingerprint density at radius 2 is 2.07 bits per heavy atom. The van der Waals surface area contributed by atoms with E-state index < -0.39 is 23.3 Å². The van der Waals surface area contributed by atoms with Crippen molar-refractivity contribution in [2.75, 3.05) is 0 Å². The van der Waals surface area contributed by atoms with Crippen LogP contribution in [0.5, 0.6) is 0 Å². The Kier molecular flexibility index (Phi) is 4.70. The molecule has 4 unspecified atom stereocenters. The van der Waals surface area contributed by atoms with Crippen molar-refractivity contribution >= 4 is 12.3 Å². The number of hydrogen-bond acceptors (Lipinski definition) is 7. The second-order valence-electron chi connectivity index (χ2n) is 8.28. The lowest BCUT2D eigenvalue weighted by Gasteiger charge is -2.55. The van der Waals surface area contributed by atoms with Gasteiger partial charge >= 0.3 is 5.97 Å². The number of cyclic esters (lactones) is 1. The van der Waals surface area contributed by atoms with E-state index in [1.54, 1.807) is 13.0 Å². The van der Waals surface area contributed by atoms with E-state index in [0.717, 1.165) is 19.3 Å². The zero-order chi connectivity index (χ0) is 21.0. The first-order valence-corrected chi connectivity index (χ1v) is 10.1. The third-order valence-corrected chi connectivity index (χ3v) is 6.26. The number of esters is 1. The molecule has 0 saturated carbocycles. The summed E-state index contributed by atoms with van der Waals surface area (Å²) in [6.45, 7) is 5.16. The summed E-state index contributed by atoms with van der Waals surface area (Å²) in [6.07, 6.45) is 7.13. The number of unbranched alkanes of at least 4 members (excludes halogenated alkanes) is 2. The molecule has 7 nitrogen and oxygen atoms in total. The van der Waals surface area contributed by atoms with Crippen molar-refractivity contribution in [3.05, 3.63) is 46.1 Å². The van der Waals surface area contributed by atoms with Gasteiger partial charge in [-0.15, -0.1) is 0 Å². The fourth-order valence-corrected chi connectivity index (χ4v) is 4.71. The van der Waals surface area contributed by atoms with Crippen molar-refractivity contribution in [3.63, 3.8) is 0 Å². The van der Waals surface area contributed by atoms with E-state index in [4.69, 9.17) is 14.2 Å². The average molecular weight is 402 g/mol. The van der Waals surface area contributed by atoms with E-state index in [9.17, 15) is 19.8 Å². The van der Waals surface area contributed by atoms with Crippen molar-refractivity contribution in [2.45, 2.75) is 70.4 Å². The maximum absolute atomic E-state index is 12.9. The van der Waals surface area contributed by atoms with Gasteiger partial charge in [0.25, 0.3) is 5.79 Å². The second-order valence-corrected chi connectivity index (χ2v) is 8.28. The van der Waals surface area contributed by atoms with Crippen LogP contribution in [-0.4, -0.2) is 40.0 Å². The predicted molar refractivity (Wildman–Crippen MR) is 102 cm³/mol. The van der Waals surface area contributed by atoms with Crippen LogP contribution < -0.4 is 0 Å². The molecule has 2 bridgehead atoms. The van der Waals surface area contributed by atoms with Crippen molar-refractivity contribution in [3.8, 4) is 0 Å². The lowest BCUT2D eigenvalue weighted by Crippen LogP contribution is -2.66. The fourth-order valence-electron chi connectivity index (χ4n) is 4.71. The van der Waals surface area contributed by atoms with Gasteiger partial charge in [0.2, 0.25) is 0 Å². The molecule has 0 saturated heterocycles. The normalized spacial score (nSPS) is 35.6. The molecule has 4 atom stereocenters. The molecule has 0 aromatic carbocycles. The van der Waals surface area contributed by atoms with Crippen LogP contribution in [0.1, 0.15) is 52.9 Å². The fraction of sp³-hybridized carbons (Fsp3) is 0.545. The third-order valence-electron chi connectivity index (χ3n) is 6.26. The van der Waals surface area contributed by atoms with Crippen molar-refractivity contribution in [1.82, 2.24) is 0 Å². The van der Waals surface area contributed by atoms with Crippen molar-refractivity contribution in [2.24, 2.45) is 5.92 Å². The first-order chi connectivity index (χ1) is 13.7. The summed E-state index contributed by atoms with van der Waals surface area (Å²) >= 11 is 0. The summed E-state index contributed by atoms with van der Waals surface area (Å²) in [5.41, 5.74) is -1.03. The number of aldehydes is 1. The summed E-state index contributed by atoms with van der Waals surface area (Å²) in [5, 5.41) is 22.7. The molecule has 0 aromatic heterocycles. The molecule has 1 aliphatic carbocycles. The highest BCUT2D eigenvalue weighted by atomic mass is 16.6. The molecule has 2 N–H and O–H groups in total. The van der Waals surface area contributed by atoms with Gasteiger partial charge in [0, 0.05) is 12.0 Å². The highest BCUT2D eigenvalue weighted by molar-refractivity contribution is 5.94. The molecule has 4 aliphatic rings. The molecule has 0 aromatic rings. The molecular formula is C22H26O7. The zero-order valence-electron chi connectivity index (χ0n) is 16.9. The summed E-state index contributed by atoms with van der Waals surface area (Å²) in [5.74, 6) is -3.00. The van der Waals surface area contributed by atoms with Crippen LogP contribution in [0.15, 0.2) is 46.1 Å². The molecule has 0 amide bonds. The molecular weight excluding hydrogens is 376 g/mol. The lowest BCUT2D eigenvalue weighted by atomic mass is 9.62. The number of carbonyl (C=O) groups is 2. The number of carbonyl (C=O) groups excluding carboxylic acids is 2. The third kappa shape index (κ3) is 2.79. The Labute approximate surface area is 169 Å². The minimum absolute atomic E-state index is 0.0827. The summed E-state index contributed by atoms with van der Waals surface area (Å²) in [4.78, 5) is 24.9. The Hall–Kier alpha value is -2.38. The zero-order valence-corrected chi connectivity index (χ0v) is 16.9. The molecule has 156 valence electrons. The van der Waals surface area contributed by atoms with Crippen LogP contribution in [0, 0.1) is 5.92 Å². The van der Waals surface area contributed by atoms with E-state index in [-0.39, 0.29) is 23.0 Å². The Morgan fingerprint density at radius 3 is 2.76 bits per heavy atom. The van der Waals surface area contributed by atoms with Crippen LogP contribution in [0.3, 0.4) is 0 Å². The first kappa shape index (κ1) is 19.9. The van der Waals surface area contributed by atoms with Gasteiger partial charge < -0.3 is 24.4 Å². The van der Waals surface area contributed by atoms with Crippen molar-refractivity contribution in [1.29, 1.82) is 0 Å². The minimum atomic E-state index is -2.27. The number of fused-ring (bicyclic) bond motifs is 5. The Bertz CT molecular complexity index is 889. The quantitative estimate of drug-likeness (QED) is 0.414. The van der Waals surface area contributed by atoms with Gasteiger partial charge in [0.15, 0.2) is 6.29 Å². The maximum atomic E-state index is 12.9. The van der Waals surface area contributed by atoms with Gasteiger partial charge in [-0.05, 0) is 38.3 Å². The average Bonchev–Trinajstić information content (AvgIpc) is 2.64. The smallest absolute Gasteiger partial charge is 0.338 e. The van der Waals surface area contributed by atoms with Gasteiger partial charge in [-0.2, -0.15) is 0 Å². The molecule has 29 heavy (non-hydrogen) atoms. The summed E-state index contributed by atoms with van der Waals surface area (Å²) < 4.78 is 17.0. The second kappa shape index (κ2) is 6.85. The standard InChI is InChI=1S/C22H26O7/c1-4-5-6-7-13-9-17-18(20(24)28-13)19-15-11-27-12(2)8-14(15)16(10-23)22(26,29-17)21(19,3)25/h8,10-11,13,19,25-26H,4-7,9H2,1-3H3. The number of aliphatic hydroxyl groups is 2. The summed E-state index contributed by atoms with van der Waals surface area (Å²) in [6, 6.07) is 0. The van der Waals surface area contributed by atoms with E-state index >= 15 is 0 Å². The van der Waals surface area contributed by atoms with Crippen LogP contribution in [-0.2, 0) is 23.8 Å². The highest BCUT2D eigenvalue weighted by Gasteiger charge is 2.67. The number of allylic oxidation sites excluding steroid dienone is 3. The van der Waals surface area contributed by atoms with Crippen LogP contribution in [0.4, 0.5) is 0 Å². The largest absolute Gasteiger partial charge is 0.469 e. The summed E-state index contributed by atoms with van der Waals surface area (Å²) in [7, 11) is 0. The van der Waals surface area contributed by atoms with Crippen molar-refractivity contribution < 1.29 is 34.0 Å². The Morgan fingerprint density at radius 1 is 1.31 bits per heavy atom. The topological polar surface area (TPSA) is 102 Å². The van der Waals surface area contributed by atoms with Gasteiger partial charge in [-0.25, -0.2) is 4.79 Å². The van der Waals surface area contributed by atoms with Crippen LogP contribution in [0.25, 0.3) is 0 Å². The van der Waals surface area contributed by atoms with E-state index in [1.165, 1.54) is 13.2 Å². The SMILES string of the molecule is CCCCCC1CC2=C(C(=O)O1)C1C3=COC(C)=CC3=C(C=O)C(O)(O2)C1(C)O. The van der Waals surface area contributed by atoms with Gasteiger partial charge in [-0.3, -0.25) is 4.79 Å². The van der Waals surface area contributed by atoms with E-state index in [1.807, 2.05) is 0 Å². The monoisotopic (exact) mass is 402 g/mol. The minimum Gasteiger partial charge on any atom is -0.469 e. The van der Waals surface area contributed by atoms with Gasteiger partial charge in [-0.1, -0.05) is 19.8 Å². The van der Waals surface area contributed by atoms with Gasteiger partial charge in [0.1, 0.15) is 23.2 Å².